The highest BCUT2D eigenvalue weighted by Crippen LogP contribution is 2.26. The molecule has 2 heterocycles. The molecular weight excluding hydrogens is 286 g/mol. The molecule has 19 heavy (non-hydrogen) atoms. The number of rotatable bonds is 4. The topological polar surface area (TPSA) is 82.3 Å². The molecule has 0 radical (unpaired) electrons. The molecule has 2 rings (SSSR count). The van der Waals surface area contributed by atoms with Crippen LogP contribution >= 0.6 is 11.3 Å². The number of hydrogen-bond donors (Lipinski definition) is 2. The zero-order valence-electron chi connectivity index (χ0n) is 11.1. The number of aromatic amines is 1. The monoisotopic (exact) mass is 305 g/mol. The molecule has 0 aromatic carbocycles. The molecule has 1 saturated heterocycles. The Hall–Kier alpha value is -0.700. The van der Waals surface area contributed by atoms with Gasteiger partial charge in [-0.25, -0.2) is 8.42 Å². The van der Waals surface area contributed by atoms with E-state index in [-0.39, 0.29) is 9.08 Å². The minimum absolute atomic E-state index is 0.155. The summed E-state index contributed by atoms with van der Waals surface area (Å²) < 4.78 is 26.7. The first-order chi connectivity index (χ1) is 8.95. The van der Waals surface area contributed by atoms with Gasteiger partial charge in [0, 0.05) is 18.8 Å². The van der Waals surface area contributed by atoms with Crippen molar-refractivity contribution in [1.82, 2.24) is 14.6 Å². The highest BCUT2D eigenvalue weighted by atomic mass is 32.2. The van der Waals surface area contributed by atoms with E-state index in [9.17, 15) is 13.2 Å². The van der Waals surface area contributed by atoms with Crippen LogP contribution in [0.25, 0.3) is 0 Å². The lowest BCUT2D eigenvalue weighted by molar-refractivity contribution is 0.263. The van der Waals surface area contributed by atoms with Crippen molar-refractivity contribution in [2.75, 3.05) is 26.7 Å². The summed E-state index contributed by atoms with van der Waals surface area (Å²) in [4.78, 5) is 13.5. The van der Waals surface area contributed by atoms with Crippen LogP contribution in [0.5, 0.6) is 0 Å². The van der Waals surface area contributed by atoms with E-state index >= 15 is 0 Å². The quantitative estimate of drug-likeness (QED) is 0.842. The van der Waals surface area contributed by atoms with E-state index in [4.69, 9.17) is 0 Å². The normalized spacial score (nSPS) is 21.7. The zero-order valence-corrected chi connectivity index (χ0v) is 12.7. The first kappa shape index (κ1) is 14.7. The van der Waals surface area contributed by atoms with Gasteiger partial charge >= 0.3 is 4.87 Å². The van der Waals surface area contributed by atoms with Gasteiger partial charge in [0.2, 0.25) is 0 Å². The first-order valence-electron chi connectivity index (χ1n) is 6.29. The van der Waals surface area contributed by atoms with Gasteiger partial charge < -0.3 is 10.3 Å². The lowest BCUT2D eigenvalue weighted by Gasteiger charge is -2.31. The number of thiazole rings is 1. The maximum Gasteiger partial charge on any atom is 0.305 e. The third-order valence-corrected chi connectivity index (χ3v) is 6.78. The molecule has 0 spiro atoms. The van der Waals surface area contributed by atoms with Gasteiger partial charge in [-0.1, -0.05) is 11.3 Å². The Kier molecular flexibility index (Phi) is 4.44. The molecule has 1 aromatic heterocycles. The van der Waals surface area contributed by atoms with Crippen molar-refractivity contribution in [1.29, 1.82) is 0 Å². The standard InChI is InChI=1S/C11H19N3O3S2/c1-8-10(18-11(15)13-8)19(16,17)14-5-3-4-9(7-14)6-12-2/h9,12H,3-7H2,1-2H3,(H,13,15). The number of aryl methyl sites for hydroxylation is 1. The Balaban J connectivity index is 2.24. The van der Waals surface area contributed by atoms with Crippen molar-refractivity contribution >= 4 is 21.4 Å². The molecular formula is C11H19N3O3S2. The van der Waals surface area contributed by atoms with Gasteiger partial charge in [-0.15, -0.1) is 0 Å². The van der Waals surface area contributed by atoms with Crippen LogP contribution in [0.1, 0.15) is 18.5 Å². The highest BCUT2D eigenvalue weighted by Gasteiger charge is 2.32. The van der Waals surface area contributed by atoms with Crippen LogP contribution in [-0.4, -0.2) is 44.4 Å². The van der Waals surface area contributed by atoms with Crippen molar-refractivity contribution in [3.8, 4) is 0 Å². The molecule has 1 aromatic rings. The minimum atomic E-state index is -3.53. The van der Waals surface area contributed by atoms with Gasteiger partial charge in [0.05, 0.1) is 0 Å². The third-order valence-electron chi connectivity index (χ3n) is 3.33. The second-order valence-electron chi connectivity index (χ2n) is 4.86. The minimum Gasteiger partial charge on any atom is -0.319 e. The number of piperidine rings is 1. The summed E-state index contributed by atoms with van der Waals surface area (Å²) in [5.41, 5.74) is 0.436. The lowest BCUT2D eigenvalue weighted by Crippen LogP contribution is -2.42. The van der Waals surface area contributed by atoms with Crippen LogP contribution in [0, 0.1) is 12.8 Å². The molecule has 1 aliphatic heterocycles. The Labute approximate surface area is 116 Å². The predicted molar refractivity (Wildman–Crippen MR) is 75.1 cm³/mol. The molecule has 108 valence electrons. The molecule has 0 bridgehead atoms. The fraction of sp³-hybridized carbons (Fsp3) is 0.727. The van der Waals surface area contributed by atoms with E-state index in [1.165, 1.54) is 4.31 Å². The van der Waals surface area contributed by atoms with Gasteiger partial charge in [0.1, 0.15) is 0 Å². The average Bonchev–Trinajstić information content (AvgIpc) is 2.70. The lowest BCUT2D eigenvalue weighted by atomic mass is 10.00. The number of aromatic nitrogens is 1. The second kappa shape index (κ2) is 5.74. The average molecular weight is 305 g/mol. The Morgan fingerprint density at radius 1 is 1.53 bits per heavy atom. The van der Waals surface area contributed by atoms with Crippen LogP contribution in [0.2, 0.25) is 0 Å². The summed E-state index contributed by atoms with van der Waals surface area (Å²) in [6.45, 7) is 3.50. The van der Waals surface area contributed by atoms with Crippen molar-refractivity contribution < 1.29 is 8.42 Å². The molecule has 1 fully saturated rings. The molecule has 1 aliphatic rings. The number of H-pyrrole nitrogens is 1. The largest absolute Gasteiger partial charge is 0.319 e. The SMILES string of the molecule is CNCC1CCCN(S(=O)(=O)c2sc(=O)[nH]c2C)C1. The van der Waals surface area contributed by atoms with Gasteiger partial charge in [-0.3, -0.25) is 4.79 Å². The maximum absolute atomic E-state index is 12.5. The van der Waals surface area contributed by atoms with Gasteiger partial charge in [0.25, 0.3) is 10.0 Å². The van der Waals surface area contributed by atoms with Crippen LogP contribution < -0.4 is 10.2 Å². The number of nitrogens with one attached hydrogen (secondary N) is 2. The highest BCUT2D eigenvalue weighted by molar-refractivity contribution is 7.91. The van der Waals surface area contributed by atoms with Gasteiger partial charge in [-0.2, -0.15) is 4.31 Å². The first-order valence-corrected chi connectivity index (χ1v) is 8.55. The molecule has 1 atom stereocenters. The van der Waals surface area contributed by atoms with E-state index < -0.39 is 10.0 Å². The van der Waals surface area contributed by atoms with Crippen molar-refractivity contribution in [2.24, 2.45) is 5.92 Å². The van der Waals surface area contributed by atoms with Gasteiger partial charge in [-0.05, 0) is 39.3 Å². The van der Waals surface area contributed by atoms with E-state index in [1.54, 1.807) is 6.92 Å². The summed E-state index contributed by atoms with van der Waals surface area (Å²) in [6.07, 6.45) is 1.90. The zero-order chi connectivity index (χ0) is 14.0. The van der Waals surface area contributed by atoms with E-state index in [2.05, 4.69) is 10.3 Å². The van der Waals surface area contributed by atoms with Crippen molar-refractivity contribution in [2.45, 2.75) is 24.0 Å². The fourth-order valence-corrected chi connectivity index (χ4v) is 5.44. The van der Waals surface area contributed by atoms with E-state index in [0.29, 0.717) is 24.7 Å². The van der Waals surface area contributed by atoms with E-state index in [0.717, 1.165) is 30.7 Å². The van der Waals surface area contributed by atoms with Crippen LogP contribution in [-0.2, 0) is 10.0 Å². The molecule has 0 amide bonds. The predicted octanol–water partition coefficient (Wildman–Crippen LogP) is 0.365. The fourth-order valence-electron chi connectivity index (χ4n) is 2.45. The summed E-state index contributed by atoms with van der Waals surface area (Å²) in [5.74, 6) is 0.337. The smallest absolute Gasteiger partial charge is 0.305 e. The molecule has 6 nitrogen and oxygen atoms in total. The van der Waals surface area contributed by atoms with E-state index in [1.807, 2.05) is 7.05 Å². The summed E-state index contributed by atoms with van der Waals surface area (Å²) in [6, 6.07) is 0. The number of nitrogens with zero attached hydrogens (tertiary/aromatic N) is 1. The molecule has 0 saturated carbocycles. The number of sulfonamides is 1. The second-order valence-corrected chi connectivity index (χ2v) is 7.97. The van der Waals surface area contributed by atoms with Crippen molar-refractivity contribution in [3.05, 3.63) is 15.4 Å². The molecule has 0 aliphatic carbocycles. The third kappa shape index (κ3) is 3.07. The summed E-state index contributed by atoms with van der Waals surface area (Å²) in [5, 5.41) is 3.09. The van der Waals surface area contributed by atoms with Crippen LogP contribution in [0.4, 0.5) is 0 Å². The van der Waals surface area contributed by atoms with Gasteiger partial charge in [0.15, 0.2) is 4.21 Å². The van der Waals surface area contributed by atoms with Crippen LogP contribution in [0.15, 0.2) is 9.00 Å². The molecule has 1 unspecified atom stereocenters. The Bertz CT molecular complexity index is 589. The van der Waals surface area contributed by atoms with Crippen molar-refractivity contribution in [3.63, 3.8) is 0 Å². The number of hydrogen-bond acceptors (Lipinski definition) is 5. The Morgan fingerprint density at radius 3 is 2.84 bits per heavy atom. The Morgan fingerprint density at radius 2 is 2.26 bits per heavy atom. The summed E-state index contributed by atoms with van der Waals surface area (Å²) in [7, 11) is -1.66. The summed E-state index contributed by atoms with van der Waals surface area (Å²) >= 11 is 0.773. The van der Waals surface area contributed by atoms with Crippen LogP contribution in [0.3, 0.4) is 0 Å². The molecule has 8 heteroatoms. The maximum atomic E-state index is 12.5. The molecule has 2 N–H and O–H groups in total.